The molecule has 6 heteroatoms. The van der Waals surface area contributed by atoms with E-state index < -0.39 is 6.04 Å². The molecule has 0 aliphatic heterocycles. The lowest BCUT2D eigenvalue weighted by molar-refractivity contribution is -0.116. The highest BCUT2D eigenvalue weighted by Gasteiger charge is 2.15. The van der Waals surface area contributed by atoms with Crippen molar-refractivity contribution in [3.8, 4) is 0 Å². The summed E-state index contributed by atoms with van der Waals surface area (Å²) in [5.41, 5.74) is 3.46. The van der Waals surface area contributed by atoms with Gasteiger partial charge < -0.3 is 16.0 Å². The molecule has 0 bridgehead atoms. The van der Waals surface area contributed by atoms with Gasteiger partial charge in [-0.3, -0.25) is 9.59 Å². The highest BCUT2D eigenvalue weighted by atomic mass is 32.1. The topological polar surface area (TPSA) is 70.2 Å². The van der Waals surface area contributed by atoms with E-state index in [0.717, 1.165) is 16.9 Å². The number of carbonyl (C=O) groups is 2. The molecule has 1 heterocycles. The molecule has 0 spiro atoms. The molecule has 0 radical (unpaired) electrons. The van der Waals surface area contributed by atoms with Crippen molar-refractivity contribution in [1.82, 2.24) is 0 Å². The Morgan fingerprint density at radius 1 is 0.828 bits per heavy atom. The Hall–Kier alpha value is -3.12. The number of benzene rings is 2. The maximum Gasteiger partial charge on any atom is 0.265 e. The Bertz CT molecular complexity index is 966. The van der Waals surface area contributed by atoms with E-state index in [1.165, 1.54) is 11.3 Å². The zero-order valence-corrected chi connectivity index (χ0v) is 17.5. The first-order valence-corrected chi connectivity index (χ1v) is 10.4. The van der Waals surface area contributed by atoms with Crippen LogP contribution in [-0.4, -0.2) is 17.9 Å². The molecule has 1 aromatic heterocycles. The average molecular weight is 408 g/mol. The molecular weight excluding hydrogens is 382 g/mol. The van der Waals surface area contributed by atoms with Gasteiger partial charge in [-0.2, -0.15) is 0 Å². The highest BCUT2D eigenvalue weighted by molar-refractivity contribution is 7.12. The summed E-state index contributed by atoms with van der Waals surface area (Å²) in [6, 6.07) is 18.4. The van der Waals surface area contributed by atoms with Gasteiger partial charge in [0, 0.05) is 17.1 Å². The number of hydrogen-bond acceptors (Lipinski definition) is 4. The van der Waals surface area contributed by atoms with Crippen molar-refractivity contribution in [3.63, 3.8) is 0 Å². The maximum absolute atomic E-state index is 12.6. The van der Waals surface area contributed by atoms with Gasteiger partial charge in [0.05, 0.1) is 4.88 Å². The molecule has 150 valence electrons. The van der Waals surface area contributed by atoms with Crippen LogP contribution in [0.1, 0.15) is 41.9 Å². The summed E-state index contributed by atoms with van der Waals surface area (Å²) in [6.07, 6.45) is 0. The van der Waals surface area contributed by atoms with Crippen LogP contribution < -0.4 is 16.0 Å². The molecule has 3 N–H and O–H groups in total. The van der Waals surface area contributed by atoms with E-state index in [2.05, 4.69) is 29.8 Å². The third-order valence-corrected chi connectivity index (χ3v) is 5.37. The monoisotopic (exact) mass is 407 g/mol. The normalized spacial score (nSPS) is 11.7. The number of nitrogens with one attached hydrogen (secondary N) is 3. The van der Waals surface area contributed by atoms with E-state index in [4.69, 9.17) is 0 Å². The van der Waals surface area contributed by atoms with Gasteiger partial charge in [-0.1, -0.05) is 38.1 Å². The van der Waals surface area contributed by atoms with E-state index in [0.29, 0.717) is 16.5 Å². The second-order valence-electron chi connectivity index (χ2n) is 7.11. The Morgan fingerprint density at radius 2 is 1.52 bits per heavy atom. The van der Waals surface area contributed by atoms with Gasteiger partial charge in [-0.15, -0.1) is 11.3 Å². The first-order chi connectivity index (χ1) is 13.9. The third kappa shape index (κ3) is 5.45. The second kappa shape index (κ2) is 9.39. The molecule has 0 fully saturated rings. The van der Waals surface area contributed by atoms with Crippen molar-refractivity contribution in [1.29, 1.82) is 0 Å². The summed E-state index contributed by atoms with van der Waals surface area (Å²) >= 11 is 1.40. The molecule has 1 unspecified atom stereocenters. The first kappa shape index (κ1) is 20.6. The predicted molar refractivity (Wildman–Crippen MR) is 121 cm³/mol. The van der Waals surface area contributed by atoms with Gasteiger partial charge in [0.15, 0.2) is 0 Å². The number of amides is 2. The SMILES string of the molecule is CC(Nc1ccc(NC(=O)c2cccs2)cc1)C(=O)Nc1ccccc1C(C)C. The van der Waals surface area contributed by atoms with Crippen molar-refractivity contribution in [3.05, 3.63) is 76.5 Å². The Balaban J connectivity index is 1.58. The molecule has 29 heavy (non-hydrogen) atoms. The zero-order valence-electron chi connectivity index (χ0n) is 16.7. The van der Waals surface area contributed by atoms with Gasteiger partial charge in [-0.05, 0) is 60.2 Å². The van der Waals surface area contributed by atoms with E-state index >= 15 is 0 Å². The molecule has 0 saturated carbocycles. The van der Waals surface area contributed by atoms with Crippen LogP contribution in [0.4, 0.5) is 17.1 Å². The number of para-hydroxylation sites is 1. The zero-order chi connectivity index (χ0) is 20.8. The van der Waals surface area contributed by atoms with E-state index in [1.54, 1.807) is 6.07 Å². The number of carbonyl (C=O) groups excluding carboxylic acids is 2. The van der Waals surface area contributed by atoms with Gasteiger partial charge in [0.25, 0.3) is 5.91 Å². The predicted octanol–water partition coefficient (Wildman–Crippen LogP) is 5.56. The summed E-state index contributed by atoms with van der Waals surface area (Å²) in [6.45, 7) is 6.02. The van der Waals surface area contributed by atoms with Crippen LogP contribution in [-0.2, 0) is 4.79 Å². The molecule has 2 aromatic carbocycles. The standard InChI is InChI=1S/C23H25N3O2S/c1-15(2)19-7-4-5-8-20(19)26-22(27)16(3)24-17-10-12-18(13-11-17)25-23(28)21-9-6-14-29-21/h4-16,24H,1-3H3,(H,25,28)(H,26,27). The largest absolute Gasteiger partial charge is 0.374 e. The third-order valence-electron chi connectivity index (χ3n) is 4.50. The highest BCUT2D eigenvalue weighted by Crippen LogP contribution is 2.24. The van der Waals surface area contributed by atoms with Gasteiger partial charge >= 0.3 is 0 Å². The first-order valence-electron chi connectivity index (χ1n) is 9.55. The van der Waals surface area contributed by atoms with E-state index in [9.17, 15) is 9.59 Å². The van der Waals surface area contributed by atoms with Crippen LogP contribution in [0.5, 0.6) is 0 Å². The quantitative estimate of drug-likeness (QED) is 0.480. The Labute approximate surface area is 175 Å². The van der Waals surface area contributed by atoms with Gasteiger partial charge in [0.1, 0.15) is 6.04 Å². The van der Waals surface area contributed by atoms with Crippen LogP contribution in [0, 0.1) is 0 Å². The number of rotatable bonds is 7. The summed E-state index contributed by atoms with van der Waals surface area (Å²) in [7, 11) is 0. The van der Waals surface area contributed by atoms with Crippen molar-refractivity contribution in [2.24, 2.45) is 0 Å². The van der Waals surface area contributed by atoms with Crippen LogP contribution in [0.15, 0.2) is 66.0 Å². The van der Waals surface area contributed by atoms with Crippen LogP contribution in [0.25, 0.3) is 0 Å². The van der Waals surface area contributed by atoms with Gasteiger partial charge in [-0.25, -0.2) is 0 Å². The molecular formula is C23H25N3O2S. The lowest BCUT2D eigenvalue weighted by Gasteiger charge is -2.18. The molecule has 0 saturated heterocycles. The maximum atomic E-state index is 12.6. The number of anilines is 3. The smallest absolute Gasteiger partial charge is 0.265 e. The molecule has 0 aliphatic carbocycles. The summed E-state index contributed by atoms with van der Waals surface area (Å²) in [5.74, 6) is 0.0946. The second-order valence-corrected chi connectivity index (χ2v) is 8.05. The van der Waals surface area contributed by atoms with Gasteiger partial charge in [0.2, 0.25) is 5.91 Å². The van der Waals surface area contributed by atoms with E-state index in [1.807, 2.05) is 66.9 Å². The van der Waals surface area contributed by atoms with Crippen molar-refractivity contribution in [2.75, 3.05) is 16.0 Å². The van der Waals surface area contributed by atoms with Crippen molar-refractivity contribution >= 4 is 40.2 Å². The van der Waals surface area contributed by atoms with Crippen LogP contribution in [0.2, 0.25) is 0 Å². The average Bonchev–Trinajstić information content (AvgIpc) is 3.24. The fourth-order valence-electron chi connectivity index (χ4n) is 2.92. The van der Waals surface area contributed by atoms with Crippen molar-refractivity contribution in [2.45, 2.75) is 32.7 Å². The number of hydrogen-bond donors (Lipinski definition) is 3. The Morgan fingerprint density at radius 3 is 2.17 bits per heavy atom. The molecule has 3 aromatic rings. The van der Waals surface area contributed by atoms with Crippen LogP contribution in [0.3, 0.4) is 0 Å². The van der Waals surface area contributed by atoms with Crippen LogP contribution >= 0.6 is 11.3 Å². The lowest BCUT2D eigenvalue weighted by Crippen LogP contribution is -2.32. The molecule has 5 nitrogen and oxygen atoms in total. The lowest BCUT2D eigenvalue weighted by atomic mass is 10.0. The summed E-state index contributed by atoms with van der Waals surface area (Å²) in [5, 5.41) is 10.9. The molecule has 2 amide bonds. The molecule has 1 atom stereocenters. The minimum absolute atomic E-state index is 0.104. The minimum atomic E-state index is -0.415. The molecule has 3 rings (SSSR count). The van der Waals surface area contributed by atoms with E-state index in [-0.39, 0.29) is 11.8 Å². The fourth-order valence-corrected chi connectivity index (χ4v) is 3.54. The summed E-state index contributed by atoms with van der Waals surface area (Å²) < 4.78 is 0. The number of thiophene rings is 1. The minimum Gasteiger partial charge on any atom is -0.374 e. The van der Waals surface area contributed by atoms with Crippen molar-refractivity contribution < 1.29 is 9.59 Å². The summed E-state index contributed by atoms with van der Waals surface area (Å²) in [4.78, 5) is 25.4. The molecule has 0 aliphatic rings. The fraction of sp³-hybridized carbons (Fsp3) is 0.217. The Kier molecular flexibility index (Phi) is 6.67.